The number of carbonyl (C=O) groups is 1. The highest BCUT2D eigenvalue weighted by atomic mass is 32.1. The number of thiophene rings is 1. The lowest BCUT2D eigenvalue weighted by atomic mass is 10.2. The van der Waals surface area contributed by atoms with Crippen LogP contribution in [0.25, 0.3) is 10.2 Å². The first-order chi connectivity index (χ1) is 12.2. The smallest absolute Gasteiger partial charge is 0.266 e. The van der Waals surface area contributed by atoms with Gasteiger partial charge in [-0.1, -0.05) is 36.4 Å². The molecule has 1 amide bonds. The maximum Gasteiger partial charge on any atom is 0.266 e. The Morgan fingerprint density at radius 2 is 1.96 bits per heavy atom. The molecule has 0 saturated heterocycles. The molecule has 4 rings (SSSR count). The third-order valence-corrected chi connectivity index (χ3v) is 5.06. The van der Waals surface area contributed by atoms with E-state index >= 15 is 0 Å². The number of fused-ring (bicyclic) bond motifs is 1. The van der Waals surface area contributed by atoms with Gasteiger partial charge in [-0.25, -0.2) is 4.98 Å². The zero-order valence-corrected chi connectivity index (χ0v) is 14.5. The van der Waals surface area contributed by atoms with Gasteiger partial charge < -0.3 is 5.32 Å². The number of benzene rings is 1. The summed E-state index contributed by atoms with van der Waals surface area (Å²) in [4.78, 5) is 18.3. The summed E-state index contributed by atoms with van der Waals surface area (Å²) in [5.41, 5.74) is 2.11. The monoisotopic (exact) mass is 348 g/mol. The molecule has 0 atom stereocenters. The van der Waals surface area contributed by atoms with Crippen LogP contribution >= 0.6 is 11.3 Å². The molecule has 25 heavy (non-hydrogen) atoms. The predicted molar refractivity (Wildman–Crippen MR) is 100 cm³/mol. The third-order valence-electron chi connectivity index (χ3n) is 3.91. The summed E-state index contributed by atoms with van der Waals surface area (Å²) in [6.07, 6.45) is 1.66. The fourth-order valence-electron chi connectivity index (χ4n) is 2.70. The molecular formula is C19H16N4OS. The van der Waals surface area contributed by atoms with E-state index in [1.807, 2.05) is 48.0 Å². The van der Waals surface area contributed by atoms with Crippen LogP contribution in [0.3, 0.4) is 0 Å². The van der Waals surface area contributed by atoms with Crippen LogP contribution in [0, 0.1) is 6.92 Å². The van der Waals surface area contributed by atoms with E-state index in [9.17, 15) is 4.79 Å². The van der Waals surface area contributed by atoms with E-state index in [1.54, 1.807) is 12.3 Å². The number of hydrogen-bond donors (Lipinski definition) is 1. The molecule has 3 aromatic heterocycles. The highest BCUT2D eigenvalue weighted by molar-refractivity contribution is 7.20. The highest BCUT2D eigenvalue weighted by Crippen LogP contribution is 2.29. The first-order valence-electron chi connectivity index (χ1n) is 7.94. The molecule has 4 aromatic rings. The maximum absolute atomic E-state index is 12.5. The normalized spacial score (nSPS) is 10.9. The molecule has 0 aliphatic carbocycles. The van der Waals surface area contributed by atoms with Crippen molar-refractivity contribution in [1.29, 1.82) is 0 Å². The largest absolute Gasteiger partial charge is 0.306 e. The molecule has 1 aromatic carbocycles. The number of rotatable bonds is 4. The van der Waals surface area contributed by atoms with Crippen LogP contribution in [0.1, 0.15) is 20.9 Å². The molecule has 0 bridgehead atoms. The Labute approximate surface area is 149 Å². The number of hydrogen-bond acceptors (Lipinski definition) is 4. The average Bonchev–Trinajstić information content (AvgIpc) is 3.19. The lowest BCUT2D eigenvalue weighted by molar-refractivity contribution is 0.103. The fraction of sp³-hybridized carbons (Fsp3) is 0.105. The minimum Gasteiger partial charge on any atom is -0.306 e. The number of nitrogens with one attached hydrogen (secondary N) is 1. The summed E-state index contributed by atoms with van der Waals surface area (Å²) < 4.78 is 1.96. The van der Waals surface area contributed by atoms with Crippen molar-refractivity contribution in [3.63, 3.8) is 0 Å². The molecule has 6 heteroatoms. The second kappa shape index (κ2) is 6.49. The SMILES string of the molecule is Cc1nn(Cc2ccccc2)c2sc(C(=O)Nc3ccccn3)cc12. The molecule has 0 spiro atoms. The number of amides is 1. The van der Waals surface area contributed by atoms with Gasteiger partial charge >= 0.3 is 0 Å². The lowest BCUT2D eigenvalue weighted by Crippen LogP contribution is -2.11. The van der Waals surface area contributed by atoms with Gasteiger partial charge in [0.25, 0.3) is 5.91 Å². The van der Waals surface area contributed by atoms with Gasteiger partial charge in [-0.05, 0) is 30.7 Å². The topological polar surface area (TPSA) is 59.8 Å². The number of aryl methyl sites for hydroxylation is 1. The molecule has 0 radical (unpaired) electrons. The second-order valence-corrected chi connectivity index (χ2v) is 6.76. The minimum absolute atomic E-state index is 0.148. The second-order valence-electron chi connectivity index (χ2n) is 5.73. The standard InChI is InChI=1S/C19H16N4OS/c1-13-15-11-16(18(24)21-17-9-5-6-10-20-17)25-19(15)23(22-13)12-14-7-3-2-4-8-14/h2-11H,12H2,1H3,(H,20,21,24). The number of aromatic nitrogens is 3. The van der Waals surface area contributed by atoms with Gasteiger partial charge in [0.05, 0.1) is 17.1 Å². The van der Waals surface area contributed by atoms with Gasteiger partial charge in [-0.2, -0.15) is 5.10 Å². The summed E-state index contributed by atoms with van der Waals surface area (Å²) in [6, 6.07) is 17.5. The van der Waals surface area contributed by atoms with Crippen LogP contribution in [-0.2, 0) is 6.54 Å². The molecule has 124 valence electrons. The van der Waals surface area contributed by atoms with Crippen molar-refractivity contribution in [2.45, 2.75) is 13.5 Å². The van der Waals surface area contributed by atoms with Crippen molar-refractivity contribution in [2.75, 3.05) is 5.32 Å². The van der Waals surface area contributed by atoms with Crippen LogP contribution in [0.4, 0.5) is 5.82 Å². The van der Waals surface area contributed by atoms with Crippen LogP contribution < -0.4 is 5.32 Å². The van der Waals surface area contributed by atoms with E-state index in [0.717, 1.165) is 15.9 Å². The molecular weight excluding hydrogens is 332 g/mol. The predicted octanol–water partition coefficient (Wildman–Crippen LogP) is 4.10. The number of nitrogens with zero attached hydrogens (tertiary/aromatic N) is 3. The van der Waals surface area contributed by atoms with Crippen LogP contribution in [-0.4, -0.2) is 20.7 Å². The summed E-state index contributed by atoms with van der Waals surface area (Å²) >= 11 is 1.45. The Bertz CT molecular complexity index is 1020. The third kappa shape index (κ3) is 3.16. The van der Waals surface area contributed by atoms with Crippen molar-refractivity contribution in [3.8, 4) is 0 Å². The molecule has 1 N–H and O–H groups in total. The van der Waals surface area contributed by atoms with Crippen molar-refractivity contribution in [3.05, 3.63) is 76.9 Å². The maximum atomic E-state index is 12.5. The molecule has 0 unspecified atom stereocenters. The number of pyridine rings is 1. The fourth-order valence-corrected chi connectivity index (χ4v) is 3.76. The molecule has 0 aliphatic rings. The Morgan fingerprint density at radius 3 is 2.72 bits per heavy atom. The van der Waals surface area contributed by atoms with Gasteiger partial charge in [-0.15, -0.1) is 11.3 Å². The zero-order chi connectivity index (χ0) is 17.2. The van der Waals surface area contributed by atoms with Crippen molar-refractivity contribution >= 4 is 33.3 Å². The van der Waals surface area contributed by atoms with E-state index in [4.69, 9.17) is 0 Å². The lowest BCUT2D eigenvalue weighted by Gasteiger charge is -2.03. The van der Waals surface area contributed by atoms with E-state index in [1.165, 1.54) is 16.9 Å². The van der Waals surface area contributed by atoms with Crippen LogP contribution in [0.5, 0.6) is 0 Å². The van der Waals surface area contributed by atoms with Crippen LogP contribution in [0.2, 0.25) is 0 Å². The average molecular weight is 348 g/mol. The van der Waals surface area contributed by atoms with E-state index in [2.05, 4.69) is 27.5 Å². The van der Waals surface area contributed by atoms with Gasteiger partial charge in [0.1, 0.15) is 10.6 Å². The van der Waals surface area contributed by atoms with Crippen molar-refractivity contribution < 1.29 is 4.79 Å². The van der Waals surface area contributed by atoms with Gasteiger partial charge in [0, 0.05) is 11.6 Å². The van der Waals surface area contributed by atoms with E-state index in [-0.39, 0.29) is 5.91 Å². The summed E-state index contributed by atoms with van der Waals surface area (Å²) in [5.74, 6) is 0.401. The molecule has 5 nitrogen and oxygen atoms in total. The Balaban J connectivity index is 1.64. The first kappa shape index (κ1) is 15.5. The number of carbonyl (C=O) groups excluding carboxylic acids is 1. The Hall–Kier alpha value is -2.99. The summed E-state index contributed by atoms with van der Waals surface area (Å²) in [7, 11) is 0. The van der Waals surface area contributed by atoms with Crippen molar-refractivity contribution in [2.24, 2.45) is 0 Å². The Morgan fingerprint density at radius 1 is 1.16 bits per heavy atom. The van der Waals surface area contributed by atoms with Gasteiger partial charge in [0.2, 0.25) is 0 Å². The minimum atomic E-state index is -0.148. The highest BCUT2D eigenvalue weighted by Gasteiger charge is 2.16. The quantitative estimate of drug-likeness (QED) is 0.604. The van der Waals surface area contributed by atoms with E-state index in [0.29, 0.717) is 17.2 Å². The van der Waals surface area contributed by atoms with Crippen LogP contribution in [0.15, 0.2) is 60.8 Å². The molecule has 3 heterocycles. The first-order valence-corrected chi connectivity index (χ1v) is 8.75. The number of anilines is 1. The summed E-state index contributed by atoms with van der Waals surface area (Å²) in [5, 5.41) is 8.46. The van der Waals surface area contributed by atoms with E-state index < -0.39 is 0 Å². The molecule has 0 saturated carbocycles. The van der Waals surface area contributed by atoms with Gasteiger partial charge in [0.15, 0.2) is 0 Å². The van der Waals surface area contributed by atoms with Gasteiger partial charge in [-0.3, -0.25) is 9.48 Å². The van der Waals surface area contributed by atoms with Crippen molar-refractivity contribution in [1.82, 2.24) is 14.8 Å². The Kier molecular flexibility index (Phi) is 4.03. The molecule has 0 fully saturated rings. The zero-order valence-electron chi connectivity index (χ0n) is 13.6. The summed E-state index contributed by atoms with van der Waals surface area (Å²) in [6.45, 7) is 2.66. The molecule has 0 aliphatic heterocycles.